The largest absolute Gasteiger partial charge is 0.380 e. The van der Waals surface area contributed by atoms with Crippen molar-refractivity contribution in [1.29, 1.82) is 10.5 Å². The van der Waals surface area contributed by atoms with Gasteiger partial charge in [-0.25, -0.2) is 0 Å². The summed E-state index contributed by atoms with van der Waals surface area (Å²) in [5, 5.41) is 16.6. The molecule has 0 aromatic heterocycles. The maximum atomic E-state index is 8.31. The van der Waals surface area contributed by atoms with Gasteiger partial charge in [0, 0.05) is 5.41 Å². The predicted molar refractivity (Wildman–Crippen MR) is 55.9 cm³/mol. The monoisotopic (exact) mass is 210 g/mol. The minimum atomic E-state index is -0.0646. The lowest BCUT2D eigenvalue weighted by Crippen LogP contribution is -2.26. The molecule has 0 saturated carbocycles. The molecular formula is C11H18N2O2. The third kappa shape index (κ3) is 9.21. The molecule has 0 bridgehead atoms. The van der Waals surface area contributed by atoms with Gasteiger partial charge in [0.2, 0.25) is 0 Å². The highest BCUT2D eigenvalue weighted by atomic mass is 16.5. The first-order valence-corrected chi connectivity index (χ1v) is 5.02. The number of hydrogen-bond acceptors (Lipinski definition) is 4. The van der Waals surface area contributed by atoms with E-state index in [4.69, 9.17) is 20.0 Å². The Kier molecular flexibility index (Phi) is 7.62. The molecule has 4 heteroatoms. The third-order valence-electron chi connectivity index (χ3n) is 1.70. The Hall–Kier alpha value is -1.10. The summed E-state index contributed by atoms with van der Waals surface area (Å²) < 4.78 is 10.7. The normalized spacial score (nSPS) is 10.7. The van der Waals surface area contributed by atoms with Crippen molar-refractivity contribution >= 4 is 0 Å². The van der Waals surface area contributed by atoms with E-state index in [2.05, 4.69) is 0 Å². The first-order chi connectivity index (χ1) is 7.12. The molecule has 15 heavy (non-hydrogen) atoms. The molecule has 0 fully saturated rings. The average Bonchev–Trinajstić information content (AvgIpc) is 2.20. The van der Waals surface area contributed by atoms with E-state index in [0.29, 0.717) is 39.3 Å². The molecule has 0 N–H and O–H groups in total. The van der Waals surface area contributed by atoms with Crippen LogP contribution in [0.3, 0.4) is 0 Å². The molecule has 0 spiro atoms. The van der Waals surface area contributed by atoms with Crippen LogP contribution < -0.4 is 0 Å². The summed E-state index contributed by atoms with van der Waals surface area (Å²) in [7, 11) is 0. The Morgan fingerprint density at radius 3 is 1.67 bits per heavy atom. The van der Waals surface area contributed by atoms with Gasteiger partial charge in [0.1, 0.15) is 0 Å². The van der Waals surface area contributed by atoms with Crippen LogP contribution in [0.4, 0.5) is 0 Å². The third-order valence-corrected chi connectivity index (χ3v) is 1.70. The predicted octanol–water partition coefficient (Wildman–Crippen LogP) is 1.87. The van der Waals surface area contributed by atoms with Gasteiger partial charge in [0.25, 0.3) is 0 Å². The molecule has 4 nitrogen and oxygen atoms in total. The van der Waals surface area contributed by atoms with Crippen molar-refractivity contribution in [2.75, 3.05) is 26.4 Å². The molecule has 0 aliphatic carbocycles. The summed E-state index contributed by atoms with van der Waals surface area (Å²) >= 11 is 0. The standard InChI is InChI=1S/C11H18N2O2/c1-11(2,9-14-7-3-5-12)10-15-8-4-6-13/h3-4,7-10H2,1-2H3. The topological polar surface area (TPSA) is 66.0 Å². The van der Waals surface area contributed by atoms with Crippen LogP contribution in [0.25, 0.3) is 0 Å². The van der Waals surface area contributed by atoms with Crippen molar-refractivity contribution < 1.29 is 9.47 Å². The summed E-state index contributed by atoms with van der Waals surface area (Å²) in [6, 6.07) is 4.04. The van der Waals surface area contributed by atoms with E-state index in [0.717, 1.165) is 0 Å². The van der Waals surface area contributed by atoms with Gasteiger partial charge < -0.3 is 9.47 Å². The van der Waals surface area contributed by atoms with Crippen LogP contribution in [0.15, 0.2) is 0 Å². The van der Waals surface area contributed by atoms with E-state index in [9.17, 15) is 0 Å². The quantitative estimate of drug-likeness (QED) is 0.574. The maximum absolute atomic E-state index is 8.31. The van der Waals surface area contributed by atoms with Gasteiger partial charge >= 0.3 is 0 Å². The van der Waals surface area contributed by atoms with Crippen molar-refractivity contribution in [2.24, 2.45) is 5.41 Å². The smallest absolute Gasteiger partial charge is 0.0645 e. The molecule has 0 aliphatic heterocycles. The van der Waals surface area contributed by atoms with E-state index in [-0.39, 0.29) is 5.41 Å². The number of hydrogen-bond donors (Lipinski definition) is 0. The Morgan fingerprint density at radius 2 is 1.33 bits per heavy atom. The SMILES string of the molecule is CC(C)(COCCC#N)COCCC#N. The summed E-state index contributed by atoms with van der Waals surface area (Å²) in [6.07, 6.45) is 0.844. The zero-order valence-electron chi connectivity index (χ0n) is 9.45. The minimum absolute atomic E-state index is 0.0646. The maximum Gasteiger partial charge on any atom is 0.0645 e. The fourth-order valence-corrected chi connectivity index (χ4v) is 0.974. The van der Waals surface area contributed by atoms with Crippen LogP contribution in [0, 0.1) is 28.1 Å². The van der Waals surface area contributed by atoms with Crippen LogP contribution in [-0.4, -0.2) is 26.4 Å². The zero-order chi connectivity index (χ0) is 11.6. The van der Waals surface area contributed by atoms with E-state index >= 15 is 0 Å². The summed E-state index contributed by atoms with van der Waals surface area (Å²) in [4.78, 5) is 0. The number of rotatable bonds is 8. The van der Waals surface area contributed by atoms with Gasteiger partial charge in [-0.1, -0.05) is 13.8 Å². The van der Waals surface area contributed by atoms with E-state index in [1.54, 1.807) is 0 Å². The highest BCUT2D eigenvalue weighted by Crippen LogP contribution is 2.15. The highest BCUT2D eigenvalue weighted by Gasteiger charge is 2.18. The first-order valence-electron chi connectivity index (χ1n) is 5.02. The van der Waals surface area contributed by atoms with Crippen molar-refractivity contribution in [1.82, 2.24) is 0 Å². The fraction of sp³-hybridized carbons (Fsp3) is 0.818. The van der Waals surface area contributed by atoms with E-state index in [1.165, 1.54) is 0 Å². The van der Waals surface area contributed by atoms with Crippen LogP contribution in [0.1, 0.15) is 26.7 Å². The van der Waals surface area contributed by atoms with Gasteiger partial charge in [-0.2, -0.15) is 10.5 Å². The highest BCUT2D eigenvalue weighted by molar-refractivity contribution is 4.71. The minimum Gasteiger partial charge on any atom is -0.380 e. The lowest BCUT2D eigenvalue weighted by atomic mass is 9.96. The second kappa shape index (κ2) is 8.23. The van der Waals surface area contributed by atoms with Crippen molar-refractivity contribution in [3.05, 3.63) is 0 Å². The van der Waals surface area contributed by atoms with Gasteiger partial charge in [-0.15, -0.1) is 0 Å². The molecule has 0 amide bonds. The molecule has 0 heterocycles. The van der Waals surface area contributed by atoms with Gasteiger partial charge in [0.15, 0.2) is 0 Å². The zero-order valence-corrected chi connectivity index (χ0v) is 9.45. The molecule has 0 saturated heterocycles. The van der Waals surface area contributed by atoms with Crippen LogP contribution in [-0.2, 0) is 9.47 Å². The first kappa shape index (κ1) is 13.9. The molecule has 0 unspecified atom stereocenters. The van der Waals surface area contributed by atoms with Gasteiger partial charge in [0.05, 0.1) is 51.4 Å². The Bertz CT molecular complexity index is 214. The van der Waals surface area contributed by atoms with Crippen LogP contribution in [0.5, 0.6) is 0 Å². The van der Waals surface area contributed by atoms with Crippen LogP contribution >= 0.6 is 0 Å². The Balaban J connectivity index is 3.50. The summed E-state index contributed by atoms with van der Waals surface area (Å²) in [5.41, 5.74) is -0.0646. The second-order valence-electron chi connectivity index (χ2n) is 4.09. The molecular weight excluding hydrogens is 192 g/mol. The lowest BCUT2D eigenvalue weighted by molar-refractivity contribution is -0.000470. The summed E-state index contributed by atoms with van der Waals surface area (Å²) in [6.45, 7) is 6.15. The van der Waals surface area contributed by atoms with E-state index in [1.807, 2.05) is 26.0 Å². The van der Waals surface area contributed by atoms with Crippen molar-refractivity contribution in [3.63, 3.8) is 0 Å². The fourth-order valence-electron chi connectivity index (χ4n) is 0.974. The van der Waals surface area contributed by atoms with Gasteiger partial charge in [-0.3, -0.25) is 0 Å². The Labute approximate surface area is 91.4 Å². The Morgan fingerprint density at radius 1 is 0.933 bits per heavy atom. The van der Waals surface area contributed by atoms with Crippen molar-refractivity contribution in [2.45, 2.75) is 26.7 Å². The molecule has 0 radical (unpaired) electrons. The van der Waals surface area contributed by atoms with E-state index < -0.39 is 0 Å². The molecule has 0 rings (SSSR count). The second-order valence-corrected chi connectivity index (χ2v) is 4.09. The molecule has 0 aromatic carbocycles. The molecule has 0 aliphatic rings. The molecule has 0 aromatic rings. The molecule has 84 valence electrons. The average molecular weight is 210 g/mol. The summed E-state index contributed by atoms with van der Waals surface area (Å²) in [5.74, 6) is 0. The number of ether oxygens (including phenoxy) is 2. The van der Waals surface area contributed by atoms with Gasteiger partial charge in [-0.05, 0) is 0 Å². The number of nitrogens with zero attached hydrogens (tertiary/aromatic N) is 2. The van der Waals surface area contributed by atoms with Crippen LogP contribution in [0.2, 0.25) is 0 Å². The number of nitriles is 2. The molecule has 0 atom stereocenters. The lowest BCUT2D eigenvalue weighted by Gasteiger charge is -2.23. The van der Waals surface area contributed by atoms with Crippen molar-refractivity contribution in [3.8, 4) is 12.1 Å².